The molecule has 0 bridgehead atoms. The number of nitrogens with one attached hydrogen (secondary N) is 1. The van der Waals surface area contributed by atoms with Gasteiger partial charge >= 0.3 is 0 Å². The molecule has 1 amide bonds. The molecule has 0 spiro atoms. The lowest BCUT2D eigenvalue weighted by Gasteiger charge is -2.09. The molecule has 1 aromatic heterocycles. The average molecular weight is 287 g/mol. The number of oxazole rings is 1. The molecule has 0 saturated heterocycles. The predicted octanol–water partition coefficient (Wildman–Crippen LogP) is 2.65. The summed E-state index contributed by atoms with van der Waals surface area (Å²) in [5.74, 6) is 0.599. The van der Waals surface area contributed by atoms with E-state index in [0.29, 0.717) is 18.4 Å². The maximum Gasteiger partial charge on any atom is 0.273 e. The molecule has 1 unspecified atom stereocenters. The summed E-state index contributed by atoms with van der Waals surface area (Å²) in [7, 11) is 0. The van der Waals surface area contributed by atoms with Gasteiger partial charge in [0.05, 0.1) is 6.04 Å². The van der Waals surface area contributed by atoms with Crippen LogP contribution in [0.3, 0.4) is 0 Å². The molecule has 5 heteroatoms. The molecule has 1 heterocycles. The van der Waals surface area contributed by atoms with Gasteiger partial charge in [-0.1, -0.05) is 44.2 Å². The fourth-order valence-electron chi connectivity index (χ4n) is 2.04. The van der Waals surface area contributed by atoms with Gasteiger partial charge in [0.1, 0.15) is 6.26 Å². The highest BCUT2D eigenvalue weighted by atomic mass is 16.3. The number of carbonyl (C=O) groups excluding carboxylic acids is 1. The van der Waals surface area contributed by atoms with E-state index in [2.05, 4.69) is 24.1 Å². The molecule has 3 N–H and O–H groups in total. The van der Waals surface area contributed by atoms with Crippen molar-refractivity contribution in [2.24, 2.45) is 11.7 Å². The summed E-state index contributed by atoms with van der Waals surface area (Å²) in [5.41, 5.74) is 7.28. The van der Waals surface area contributed by atoms with E-state index in [9.17, 15) is 4.79 Å². The Balaban J connectivity index is 1.93. The van der Waals surface area contributed by atoms with Gasteiger partial charge < -0.3 is 15.5 Å². The number of carbonyl (C=O) groups is 1. The van der Waals surface area contributed by atoms with Crippen molar-refractivity contribution in [1.82, 2.24) is 10.3 Å². The van der Waals surface area contributed by atoms with Crippen LogP contribution < -0.4 is 11.1 Å². The normalized spacial score (nSPS) is 12.4. The number of nitrogens with zero attached hydrogens (tertiary/aromatic N) is 1. The van der Waals surface area contributed by atoms with Crippen LogP contribution in [0.1, 0.15) is 48.3 Å². The standard InChI is InChI=1S/C16H21N3O2/c1-11(2)8-13(17)16-19-14(10-21-16)15(20)18-9-12-6-4-3-5-7-12/h3-7,10-11,13H,8-9,17H2,1-2H3,(H,18,20). The van der Waals surface area contributed by atoms with E-state index < -0.39 is 0 Å². The van der Waals surface area contributed by atoms with Gasteiger partial charge in [-0.15, -0.1) is 0 Å². The quantitative estimate of drug-likeness (QED) is 0.855. The van der Waals surface area contributed by atoms with Gasteiger partial charge in [0.2, 0.25) is 5.89 Å². The molecule has 0 aliphatic rings. The first-order valence-corrected chi connectivity index (χ1v) is 7.09. The number of hydrogen-bond donors (Lipinski definition) is 2. The Kier molecular flexibility index (Phi) is 5.11. The second-order valence-corrected chi connectivity index (χ2v) is 5.48. The topological polar surface area (TPSA) is 81.1 Å². The lowest BCUT2D eigenvalue weighted by Crippen LogP contribution is -2.23. The van der Waals surface area contributed by atoms with Gasteiger partial charge in [-0.2, -0.15) is 0 Å². The predicted molar refractivity (Wildman–Crippen MR) is 80.5 cm³/mol. The van der Waals surface area contributed by atoms with Crippen molar-refractivity contribution < 1.29 is 9.21 Å². The second-order valence-electron chi connectivity index (χ2n) is 5.48. The lowest BCUT2D eigenvalue weighted by molar-refractivity contribution is 0.0946. The van der Waals surface area contributed by atoms with Crippen LogP contribution >= 0.6 is 0 Å². The third-order valence-electron chi connectivity index (χ3n) is 3.09. The van der Waals surface area contributed by atoms with Crippen LogP contribution in [0.4, 0.5) is 0 Å². The fourth-order valence-corrected chi connectivity index (χ4v) is 2.04. The van der Waals surface area contributed by atoms with Crippen molar-refractivity contribution >= 4 is 5.91 Å². The summed E-state index contributed by atoms with van der Waals surface area (Å²) < 4.78 is 5.30. The van der Waals surface area contributed by atoms with Gasteiger partial charge in [-0.3, -0.25) is 4.79 Å². The Labute approximate surface area is 124 Å². The number of rotatable bonds is 6. The molecule has 0 aliphatic heterocycles. The smallest absolute Gasteiger partial charge is 0.273 e. The Bertz CT molecular complexity index is 578. The van der Waals surface area contributed by atoms with Crippen molar-refractivity contribution in [2.45, 2.75) is 32.9 Å². The van der Waals surface area contributed by atoms with Gasteiger partial charge in [0, 0.05) is 6.54 Å². The van der Waals surface area contributed by atoms with Crippen molar-refractivity contribution in [2.75, 3.05) is 0 Å². The Morgan fingerprint density at radius 2 is 2.05 bits per heavy atom. The number of aromatic nitrogens is 1. The monoisotopic (exact) mass is 287 g/mol. The zero-order valence-corrected chi connectivity index (χ0v) is 12.4. The number of nitrogens with two attached hydrogens (primary N) is 1. The highest BCUT2D eigenvalue weighted by Crippen LogP contribution is 2.18. The Morgan fingerprint density at radius 1 is 1.33 bits per heavy atom. The third-order valence-corrected chi connectivity index (χ3v) is 3.09. The summed E-state index contributed by atoms with van der Waals surface area (Å²) in [5, 5.41) is 2.81. The van der Waals surface area contributed by atoms with Crippen molar-refractivity contribution in [3.63, 3.8) is 0 Å². The van der Waals surface area contributed by atoms with E-state index in [1.165, 1.54) is 6.26 Å². The molecule has 1 atom stereocenters. The molecule has 21 heavy (non-hydrogen) atoms. The van der Waals surface area contributed by atoms with Crippen molar-refractivity contribution in [3.8, 4) is 0 Å². The van der Waals surface area contributed by atoms with Gasteiger partial charge in [-0.25, -0.2) is 4.98 Å². The van der Waals surface area contributed by atoms with Crippen LogP contribution in [0, 0.1) is 5.92 Å². The van der Waals surface area contributed by atoms with Crippen LogP contribution in [0.15, 0.2) is 41.0 Å². The van der Waals surface area contributed by atoms with Crippen molar-refractivity contribution in [3.05, 3.63) is 53.7 Å². The summed E-state index contributed by atoms with van der Waals surface area (Å²) in [6.07, 6.45) is 2.13. The van der Waals surface area contributed by atoms with Crippen molar-refractivity contribution in [1.29, 1.82) is 0 Å². The number of amides is 1. The molecule has 0 aliphatic carbocycles. The summed E-state index contributed by atoms with van der Waals surface area (Å²) in [6.45, 7) is 4.62. The van der Waals surface area contributed by atoms with E-state index in [1.807, 2.05) is 30.3 Å². The highest BCUT2D eigenvalue weighted by molar-refractivity contribution is 5.91. The van der Waals surface area contributed by atoms with E-state index in [-0.39, 0.29) is 17.6 Å². The van der Waals surface area contributed by atoms with E-state index in [4.69, 9.17) is 10.2 Å². The molecule has 5 nitrogen and oxygen atoms in total. The first-order valence-electron chi connectivity index (χ1n) is 7.09. The maximum absolute atomic E-state index is 12.0. The molecular formula is C16H21N3O2. The second kappa shape index (κ2) is 7.04. The molecule has 0 saturated carbocycles. The largest absolute Gasteiger partial charge is 0.446 e. The first-order chi connectivity index (χ1) is 10.1. The highest BCUT2D eigenvalue weighted by Gasteiger charge is 2.17. The molecule has 0 fully saturated rings. The molecule has 2 aromatic rings. The van der Waals surface area contributed by atoms with Crippen LogP contribution in [0.2, 0.25) is 0 Å². The minimum atomic E-state index is -0.277. The van der Waals surface area contributed by atoms with Crippen LogP contribution in [0.25, 0.3) is 0 Å². The number of hydrogen-bond acceptors (Lipinski definition) is 4. The SMILES string of the molecule is CC(C)CC(N)c1nc(C(=O)NCc2ccccc2)co1. The molecular weight excluding hydrogens is 266 g/mol. The Hall–Kier alpha value is -2.14. The average Bonchev–Trinajstić information content (AvgIpc) is 2.95. The fraction of sp³-hybridized carbons (Fsp3) is 0.375. The van der Waals surface area contributed by atoms with Crippen LogP contribution in [0.5, 0.6) is 0 Å². The van der Waals surface area contributed by atoms with Crippen LogP contribution in [-0.2, 0) is 6.54 Å². The minimum absolute atomic E-state index is 0.259. The van der Waals surface area contributed by atoms with E-state index in [0.717, 1.165) is 12.0 Å². The zero-order chi connectivity index (χ0) is 15.2. The molecule has 1 aromatic carbocycles. The third kappa shape index (κ3) is 4.43. The zero-order valence-electron chi connectivity index (χ0n) is 12.4. The van der Waals surface area contributed by atoms with E-state index >= 15 is 0 Å². The van der Waals surface area contributed by atoms with E-state index in [1.54, 1.807) is 0 Å². The lowest BCUT2D eigenvalue weighted by atomic mass is 10.0. The summed E-state index contributed by atoms with van der Waals surface area (Å²) >= 11 is 0. The summed E-state index contributed by atoms with van der Waals surface area (Å²) in [6, 6.07) is 9.42. The molecule has 0 radical (unpaired) electrons. The van der Waals surface area contributed by atoms with Gasteiger partial charge in [0.25, 0.3) is 5.91 Å². The summed E-state index contributed by atoms with van der Waals surface area (Å²) in [4.78, 5) is 16.2. The maximum atomic E-state index is 12.0. The van der Waals surface area contributed by atoms with Gasteiger partial charge in [0.15, 0.2) is 5.69 Å². The van der Waals surface area contributed by atoms with Crippen LogP contribution in [-0.4, -0.2) is 10.9 Å². The molecule has 112 valence electrons. The number of benzene rings is 1. The first kappa shape index (κ1) is 15.3. The molecule has 2 rings (SSSR count). The van der Waals surface area contributed by atoms with Gasteiger partial charge in [-0.05, 0) is 17.9 Å². The minimum Gasteiger partial charge on any atom is -0.446 e. The Morgan fingerprint density at radius 3 is 2.71 bits per heavy atom.